The summed E-state index contributed by atoms with van der Waals surface area (Å²) in [5.41, 5.74) is -0.282. The molecule has 0 radical (unpaired) electrons. The van der Waals surface area contributed by atoms with Crippen molar-refractivity contribution in [1.82, 2.24) is 34.7 Å². The van der Waals surface area contributed by atoms with Gasteiger partial charge in [0.15, 0.2) is 0 Å². The Balaban J connectivity index is 1.74. The zero-order valence-corrected chi connectivity index (χ0v) is 14.1. The highest BCUT2D eigenvalue weighted by Gasteiger charge is 2.38. The lowest BCUT2D eigenvalue weighted by atomic mass is 9.90. The largest absolute Gasteiger partial charge is 0.382 e. The second-order valence-electron chi connectivity index (χ2n) is 6.52. The van der Waals surface area contributed by atoms with Crippen LogP contribution in [0.4, 0.5) is 0 Å². The van der Waals surface area contributed by atoms with Crippen LogP contribution in [0.3, 0.4) is 0 Å². The molecular weight excluding hydrogens is 294 g/mol. The van der Waals surface area contributed by atoms with Crippen LogP contribution >= 0.6 is 0 Å². The number of aryl methyl sites for hydroxylation is 1. The van der Waals surface area contributed by atoms with Gasteiger partial charge in [0.1, 0.15) is 23.4 Å². The summed E-state index contributed by atoms with van der Waals surface area (Å²) in [6.07, 6.45) is 5.08. The normalized spacial score (nSPS) is 22.8. The van der Waals surface area contributed by atoms with Gasteiger partial charge in [-0.3, -0.25) is 4.90 Å². The summed E-state index contributed by atoms with van der Waals surface area (Å²) in [5.74, 6) is 0.933. The Labute approximate surface area is 136 Å². The maximum Gasteiger partial charge on any atom is 0.140 e. The van der Waals surface area contributed by atoms with Crippen LogP contribution in [0.1, 0.15) is 51.2 Å². The van der Waals surface area contributed by atoms with E-state index in [1.165, 1.54) is 0 Å². The highest BCUT2D eigenvalue weighted by atomic mass is 16.3. The first-order chi connectivity index (χ1) is 11.0. The number of nitrogens with zero attached hydrogens (tertiary/aromatic N) is 7. The molecule has 1 N–H and O–H groups in total. The predicted molar refractivity (Wildman–Crippen MR) is 84.5 cm³/mol. The Morgan fingerprint density at radius 1 is 1.39 bits per heavy atom. The van der Waals surface area contributed by atoms with E-state index in [1.54, 1.807) is 11.0 Å². The summed E-state index contributed by atoms with van der Waals surface area (Å²) in [4.78, 5) is 6.54. The summed E-state index contributed by atoms with van der Waals surface area (Å²) in [6.45, 7) is 9.12. The first-order valence-corrected chi connectivity index (χ1v) is 8.25. The number of aromatic nitrogens is 6. The highest BCUT2D eigenvalue weighted by molar-refractivity contribution is 5.10. The minimum Gasteiger partial charge on any atom is -0.382 e. The number of rotatable bonds is 5. The predicted octanol–water partition coefficient (Wildman–Crippen LogP) is 0.954. The molecule has 1 aliphatic rings. The molecule has 3 heterocycles. The Morgan fingerprint density at radius 2 is 2.22 bits per heavy atom. The average molecular weight is 319 g/mol. The average Bonchev–Trinajstić information content (AvgIpc) is 3.16. The molecule has 1 saturated heterocycles. The second-order valence-corrected chi connectivity index (χ2v) is 6.52. The van der Waals surface area contributed by atoms with E-state index in [-0.39, 0.29) is 6.04 Å². The monoisotopic (exact) mass is 319 g/mol. The molecule has 1 fully saturated rings. The van der Waals surface area contributed by atoms with Gasteiger partial charge in [-0.2, -0.15) is 5.10 Å². The highest BCUT2D eigenvalue weighted by Crippen LogP contribution is 2.31. The number of likely N-dealkylation sites (tertiary alicyclic amines) is 1. The van der Waals surface area contributed by atoms with Crippen LogP contribution in [0, 0.1) is 0 Å². The molecule has 23 heavy (non-hydrogen) atoms. The van der Waals surface area contributed by atoms with Gasteiger partial charge in [0.05, 0.1) is 12.7 Å². The van der Waals surface area contributed by atoms with Crippen molar-refractivity contribution in [3.63, 3.8) is 0 Å². The number of aliphatic hydroxyl groups is 1. The van der Waals surface area contributed by atoms with Crippen molar-refractivity contribution in [3.8, 4) is 0 Å². The third-order valence-electron chi connectivity index (χ3n) is 4.43. The molecule has 0 spiro atoms. The van der Waals surface area contributed by atoms with E-state index < -0.39 is 5.60 Å². The van der Waals surface area contributed by atoms with Gasteiger partial charge in [-0.1, -0.05) is 5.21 Å². The van der Waals surface area contributed by atoms with Crippen molar-refractivity contribution in [2.45, 2.75) is 58.3 Å². The molecular formula is C15H25N7O. The molecule has 1 atom stereocenters. The molecule has 0 aliphatic carbocycles. The second kappa shape index (κ2) is 6.37. The lowest BCUT2D eigenvalue weighted by Crippen LogP contribution is -2.46. The van der Waals surface area contributed by atoms with E-state index in [1.807, 2.05) is 24.7 Å². The van der Waals surface area contributed by atoms with E-state index in [0.29, 0.717) is 25.2 Å². The molecule has 2 aromatic rings. The molecule has 3 rings (SSSR count). The van der Waals surface area contributed by atoms with Crippen molar-refractivity contribution in [1.29, 1.82) is 0 Å². The Hall–Kier alpha value is -1.80. The van der Waals surface area contributed by atoms with Crippen molar-refractivity contribution >= 4 is 0 Å². The SMILES string of the molecule is CCn1ncnc1CN1CCCC(O)(c2cn(C(C)C)nn2)C1. The fraction of sp³-hybridized carbons (Fsp3) is 0.733. The van der Waals surface area contributed by atoms with Gasteiger partial charge in [-0.05, 0) is 40.2 Å². The third-order valence-corrected chi connectivity index (χ3v) is 4.43. The van der Waals surface area contributed by atoms with Crippen LogP contribution in [0.15, 0.2) is 12.5 Å². The molecule has 0 bridgehead atoms. The van der Waals surface area contributed by atoms with Gasteiger partial charge < -0.3 is 5.11 Å². The molecule has 2 aromatic heterocycles. The van der Waals surface area contributed by atoms with E-state index in [9.17, 15) is 5.11 Å². The van der Waals surface area contributed by atoms with Crippen molar-refractivity contribution in [2.75, 3.05) is 13.1 Å². The minimum absolute atomic E-state index is 0.239. The van der Waals surface area contributed by atoms with E-state index >= 15 is 0 Å². The number of piperidine rings is 1. The van der Waals surface area contributed by atoms with Crippen LogP contribution in [0.2, 0.25) is 0 Å². The molecule has 1 unspecified atom stereocenters. The maximum atomic E-state index is 11.1. The first-order valence-electron chi connectivity index (χ1n) is 8.25. The number of β-amino-alcohol motifs (C(OH)–C–C–N with tert-alkyl or cyclic N) is 1. The maximum absolute atomic E-state index is 11.1. The summed E-state index contributed by atoms with van der Waals surface area (Å²) in [6, 6.07) is 0.239. The quantitative estimate of drug-likeness (QED) is 0.883. The van der Waals surface area contributed by atoms with Crippen LogP contribution in [0.25, 0.3) is 0 Å². The van der Waals surface area contributed by atoms with E-state index in [0.717, 1.165) is 25.3 Å². The third kappa shape index (κ3) is 3.28. The molecule has 8 nitrogen and oxygen atoms in total. The van der Waals surface area contributed by atoms with Gasteiger partial charge >= 0.3 is 0 Å². The van der Waals surface area contributed by atoms with Gasteiger partial charge in [0.25, 0.3) is 0 Å². The molecule has 1 aliphatic heterocycles. The fourth-order valence-corrected chi connectivity index (χ4v) is 3.08. The van der Waals surface area contributed by atoms with Gasteiger partial charge in [0, 0.05) is 19.1 Å². The standard InChI is InChI=1S/C15H25N7O/c1-4-21-14(16-11-17-21)9-20-7-5-6-15(23,10-20)13-8-22(12(2)3)19-18-13/h8,11-12,23H,4-7,9-10H2,1-3H3. The Morgan fingerprint density at radius 3 is 2.91 bits per heavy atom. The first kappa shape index (κ1) is 16.1. The van der Waals surface area contributed by atoms with Crippen LogP contribution < -0.4 is 0 Å². The van der Waals surface area contributed by atoms with Gasteiger partial charge in [-0.25, -0.2) is 14.3 Å². The van der Waals surface area contributed by atoms with Crippen LogP contribution in [-0.2, 0) is 18.7 Å². The van der Waals surface area contributed by atoms with Crippen LogP contribution in [-0.4, -0.2) is 52.9 Å². The topological polar surface area (TPSA) is 84.9 Å². The molecule has 0 aromatic carbocycles. The molecule has 126 valence electrons. The van der Waals surface area contributed by atoms with Gasteiger partial charge in [0.2, 0.25) is 0 Å². The summed E-state index contributed by atoms with van der Waals surface area (Å²) in [7, 11) is 0. The molecule has 0 saturated carbocycles. The molecule has 8 heteroatoms. The lowest BCUT2D eigenvalue weighted by molar-refractivity contribution is -0.0423. The fourth-order valence-electron chi connectivity index (χ4n) is 3.08. The Kier molecular flexibility index (Phi) is 4.45. The van der Waals surface area contributed by atoms with E-state index in [2.05, 4.69) is 32.2 Å². The zero-order valence-electron chi connectivity index (χ0n) is 14.1. The smallest absolute Gasteiger partial charge is 0.140 e. The number of hydrogen-bond acceptors (Lipinski definition) is 6. The summed E-state index contributed by atoms with van der Waals surface area (Å²) < 4.78 is 3.68. The van der Waals surface area contributed by atoms with Gasteiger partial charge in [-0.15, -0.1) is 5.10 Å². The number of hydrogen-bond donors (Lipinski definition) is 1. The van der Waals surface area contributed by atoms with E-state index in [4.69, 9.17) is 0 Å². The van der Waals surface area contributed by atoms with Crippen molar-refractivity contribution in [3.05, 3.63) is 24.0 Å². The summed E-state index contributed by atoms with van der Waals surface area (Å²) >= 11 is 0. The minimum atomic E-state index is -0.942. The zero-order chi connectivity index (χ0) is 16.4. The van der Waals surface area contributed by atoms with Crippen LogP contribution in [0.5, 0.6) is 0 Å². The van der Waals surface area contributed by atoms with Crippen molar-refractivity contribution in [2.24, 2.45) is 0 Å². The molecule has 0 amide bonds. The lowest BCUT2D eigenvalue weighted by Gasteiger charge is -2.37. The van der Waals surface area contributed by atoms with Crippen molar-refractivity contribution < 1.29 is 5.11 Å². The summed E-state index contributed by atoms with van der Waals surface area (Å²) in [5, 5.41) is 23.6. The Bertz CT molecular complexity index is 650.